The van der Waals surface area contributed by atoms with Crippen LogP contribution in [-0.4, -0.2) is 38.0 Å². The molecule has 158 valence electrons. The third kappa shape index (κ3) is 3.36. The van der Waals surface area contributed by atoms with E-state index in [2.05, 4.69) is 63.6 Å². The molecular weight excluding hydrogens is 438 g/mol. The van der Waals surface area contributed by atoms with E-state index in [1.165, 1.54) is 21.2 Å². The van der Waals surface area contributed by atoms with Gasteiger partial charge in [-0.1, -0.05) is 59.9 Å². The summed E-state index contributed by atoms with van der Waals surface area (Å²) in [5.41, 5.74) is 4.00. The number of hydrogen-bond donors (Lipinski definition) is 1. The molecule has 0 unspecified atom stereocenters. The van der Waals surface area contributed by atoms with Crippen LogP contribution in [0.25, 0.3) is 0 Å². The molecule has 0 amide bonds. The molecule has 0 bridgehead atoms. The largest absolute Gasteiger partial charge is 0.507 e. The van der Waals surface area contributed by atoms with Crippen molar-refractivity contribution in [1.29, 1.82) is 0 Å². The number of phenolic OH excluding ortho intramolecular Hbond substituents is 1. The van der Waals surface area contributed by atoms with E-state index in [-0.39, 0.29) is 5.75 Å². The lowest BCUT2D eigenvalue weighted by Gasteiger charge is -2.32. The van der Waals surface area contributed by atoms with E-state index in [0.29, 0.717) is 12.2 Å². The van der Waals surface area contributed by atoms with Crippen molar-refractivity contribution in [2.24, 2.45) is 5.10 Å². The molecule has 0 fully saturated rings. The summed E-state index contributed by atoms with van der Waals surface area (Å²) in [6.45, 7) is 0.763. The first-order chi connectivity index (χ1) is 15.8. The van der Waals surface area contributed by atoms with E-state index in [9.17, 15) is 5.11 Å². The Bertz CT molecular complexity index is 1300. The standard InChI is InChI=1S/C24H19N5OS2/c30-20-10-4-1-7-16(20)17-15-31-24-26-25-23(29(24)27-17)13-14-28-18-8-2-5-11-21(18)32-22-12-6-3-9-19(22)28/h1-12,30H,13-15H2. The fourth-order valence-electron chi connectivity index (χ4n) is 4.01. The average Bonchev–Trinajstić information content (AvgIpc) is 3.24. The van der Waals surface area contributed by atoms with Crippen molar-refractivity contribution in [3.8, 4) is 5.75 Å². The molecule has 0 saturated heterocycles. The molecule has 0 saturated carbocycles. The second-order valence-corrected chi connectivity index (χ2v) is 9.53. The van der Waals surface area contributed by atoms with Gasteiger partial charge in [-0.15, -0.1) is 10.2 Å². The topological polar surface area (TPSA) is 66.5 Å². The zero-order valence-electron chi connectivity index (χ0n) is 17.0. The number of fused-ring (bicyclic) bond motifs is 3. The van der Waals surface area contributed by atoms with E-state index >= 15 is 0 Å². The quantitative estimate of drug-likeness (QED) is 0.455. The molecular formula is C24H19N5OS2. The van der Waals surface area contributed by atoms with Gasteiger partial charge in [0, 0.05) is 34.1 Å². The Labute approximate surface area is 194 Å². The molecule has 0 radical (unpaired) electrons. The summed E-state index contributed by atoms with van der Waals surface area (Å²) in [6, 6.07) is 24.3. The van der Waals surface area contributed by atoms with Crippen LogP contribution in [0.15, 0.2) is 92.8 Å². The first kappa shape index (κ1) is 19.5. The fourth-order valence-corrected chi connectivity index (χ4v) is 5.95. The van der Waals surface area contributed by atoms with Crippen LogP contribution in [0.5, 0.6) is 5.75 Å². The molecule has 32 heavy (non-hydrogen) atoms. The smallest absolute Gasteiger partial charge is 0.212 e. The molecule has 3 aromatic carbocycles. The molecule has 0 aliphatic carbocycles. The normalized spacial score (nSPS) is 14.4. The zero-order chi connectivity index (χ0) is 21.5. The van der Waals surface area contributed by atoms with Crippen molar-refractivity contribution < 1.29 is 5.11 Å². The highest BCUT2D eigenvalue weighted by Crippen LogP contribution is 2.47. The van der Waals surface area contributed by atoms with Gasteiger partial charge in [0.25, 0.3) is 0 Å². The SMILES string of the molecule is Oc1ccccc1C1=Nn2c(CCN3c4ccccc4Sc4ccccc43)nnc2SC1. The van der Waals surface area contributed by atoms with Gasteiger partial charge in [-0.05, 0) is 36.4 Å². The summed E-state index contributed by atoms with van der Waals surface area (Å²) < 4.78 is 1.83. The van der Waals surface area contributed by atoms with E-state index < -0.39 is 0 Å². The van der Waals surface area contributed by atoms with Gasteiger partial charge < -0.3 is 10.0 Å². The van der Waals surface area contributed by atoms with Crippen molar-refractivity contribution in [3.63, 3.8) is 0 Å². The number of phenols is 1. The Hall–Kier alpha value is -3.23. The van der Waals surface area contributed by atoms with Crippen LogP contribution in [0, 0.1) is 0 Å². The van der Waals surface area contributed by atoms with Gasteiger partial charge in [0.05, 0.1) is 17.1 Å². The summed E-state index contributed by atoms with van der Waals surface area (Å²) in [4.78, 5) is 4.86. The maximum Gasteiger partial charge on any atom is 0.212 e. The molecule has 2 aliphatic rings. The van der Waals surface area contributed by atoms with Crippen molar-refractivity contribution in [1.82, 2.24) is 14.9 Å². The maximum absolute atomic E-state index is 10.3. The number of hydrogen-bond acceptors (Lipinski definition) is 7. The number of anilines is 2. The number of rotatable bonds is 4. The number of aromatic nitrogens is 3. The average molecular weight is 458 g/mol. The van der Waals surface area contributed by atoms with Crippen molar-refractivity contribution in [2.45, 2.75) is 21.4 Å². The lowest BCUT2D eigenvalue weighted by Crippen LogP contribution is -2.24. The Kier molecular flexibility index (Phi) is 4.88. The molecule has 2 aliphatic heterocycles. The third-order valence-electron chi connectivity index (χ3n) is 5.54. The highest BCUT2D eigenvalue weighted by molar-refractivity contribution is 8.00. The molecule has 1 aromatic heterocycles. The molecule has 0 spiro atoms. The van der Waals surface area contributed by atoms with E-state index in [0.717, 1.165) is 28.8 Å². The third-order valence-corrected chi connectivity index (χ3v) is 7.60. The number of aromatic hydroxyl groups is 1. The van der Waals surface area contributed by atoms with Crippen LogP contribution in [0.3, 0.4) is 0 Å². The van der Waals surface area contributed by atoms with Gasteiger partial charge in [0.2, 0.25) is 5.16 Å². The monoisotopic (exact) mass is 457 g/mol. The zero-order valence-corrected chi connectivity index (χ0v) is 18.7. The van der Waals surface area contributed by atoms with Gasteiger partial charge in [-0.3, -0.25) is 0 Å². The maximum atomic E-state index is 10.3. The minimum atomic E-state index is 0.240. The van der Waals surface area contributed by atoms with Crippen LogP contribution in [0.1, 0.15) is 11.4 Å². The second kappa shape index (κ2) is 8.03. The Morgan fingerprint density at radius 2 is 1.53 bits per heavy atom. The number of nitrogens with zero attached hydrogens (tertiary/aromatic N) is 5. The van der Waals surface area contributed by atoms with Crippen molar-refractivity contribution >= 4 is 40.6 Å². The van der Waals surface area contributed by atoms with E-state index in [1.807, 2.05) is 34.6 Å². The van der Waals surface area contributed by atoms with Gasteiger partial charge in [-0.25, -0.2) is 0 Å². The van der Waals surface area contributed by atoms with Crippen LogP contribution in [0.2, 0.25) is 0 Å². The first-order valence-electron chi connectivity index (χ1n) is 10.3. The molecule has 6 nitrogen and oxygen atoms in total. The molecule has 6 rings (SSSR count). The second-order valence-electron chi connectivity index (χ2n) is 7.50. The van der Waals surface area contributed by atoms with Gasteiger partial charge in [-0.2, -0.15) is 9.78 Å². The summed E-state index contributed by atoms with van der Waals surface area (Å²) >= 11 is 3.40. The lowest BCUT2D eigenvalue weighted by molar-refractivity contribution is 0.474. The summed E-state index contributed by atoms with van der Waals surface area (Å²) in [6.07, 6.45) is 0.693. The first-order valence-corrected chi connectivity index (χ1v) is 12.1. The van der Waals surface area contributed by atoms with E-state index in [1.54, 1.807) is 17.8 Å². The summed E-state index contributed by atoms with van der Waals surface area (Å²) in [7, 11) is 0. The van der Waals surface area contributed by atoms with Gasteiger partial charge in [0.15, 0.2) is 5.82 Å². The minimum absolute atomic E-state index is 0.240. The molecule has 8 heteroatoms. The van der Waals surface area contributed by atoms with Crippen LogP contribution < -0.4 is 4.90 Å². The lowest BCUT2D eigenvalue weighted by atomic mass is 10.1. The molecule has 1 N–H and O–H groups in total. The predicted molar refractivity (Wildman–Crippen MR) is 129 cm³/mol. The van der Waals surface area contributed by atoms with Crippen LogP contribution in [0.4, 0.5) is 11.4 Å². The van der Waals surface area contributed by atoms with Gasteiger partial charge >= 0.3 is 0 Å². The fraction of sp³-hybridized carbons (Fsp3) is 0.125. The Morgan fingerprint density at radius 3 is 2.28 bits per heavy atom. The van der Waals surface area contributed by atoms with Crippen molar-refractivity contribution in [3.05, 3.63) is 84.2 Å². The molecule has 4 aromatic rings. The number of thioether (sulfide) groups is 1. The van der Waals surface area contributed by atoms with Crippen molar-refractivity contribution in [2.75, 3.05) is 17.2 Å². The van der Waals surface area contributed by atoms with Crippen LogP contribution in [-0.2, 0) is 6.42 Å². The highest BCUT2D eigenvalue weighted by Gasteiger charge is 2.25. The van der Waals surface area contributed by atoms with E-state index in [4.69, 9.17) is 5.10 Å². The number of para-hydroxylation sites is 3. The van der Waals surface area contributed by atoms with Gasteiger partial charge in [0.1, 0.15) is 5.75 Å². The summed E-state index contributed by atoms with van der Waals surface area (Å²) in [5, 5.41) is 24.6. The summed E-state index contributed by atoms with van der Waals surface area (Å²) in [5.74, 6) is 1.71. The molecule has 3 heterocycles. The van der Waals surface area contributed by atoms with Crippen LogP contribution >= 0.6 is 23.5 Å². The number of benzene rings is 3. The Balaban J connectivity index is 1.32. The Morgan fingerprint density at radius 1 is 0.844 bits per heavy atom. The predicted octanol–water partition coefficient (Wildman–Crippen LogP) is 5.19. The molecule has 0 atom stereocenters. The highest BCUT2D eigenvalue weighted by atomic mass is 32.2. The minimum Gasteiger partial charge on any atom is -0.507 e.